The van der Waals surface area contributed by atoms with Crippen LogP contribution < -0.4 is 5.32 Å². The molecule has 2 fully saturated rings. The lowest BCUT2D eigenvalue weighted by Gasteiger charge is -2.25. The quantitative estimate of drug-likeness (QED) is 0.670. The molecule has 2 aliphatic carbocycles. The highest BCUT2D eigenvalue weighted by atomic mass is 16.2. The highest BCUT2D eigenvalue weighted by Crippen LogP contribution is 2.36. The van der Waals surface area contributed by atoms with E-state index in [0.717, 1.165) is 29.7 Å². The van der Waals surface area contributed by atoms with Gasteiger partial charge < -0.3 is 14.8 Å². The van der Waals surface area contributed by atoms with Gasteiger partial charge in [0, 0.05) is 37.9 Å². The standard InChI is InChI=1S/C23H28N6O/c1-28(2)22(30)19-12-17-14-25-23(27-21(17)29(19)18-8-3-4-9-18)26-20-11-10-16(13-24-20)15-6-5-7-15/h10-15,18H,3-9H2,1-2H3,(H,24,25,26,27). The van der Waals surface area contributed by atoms with E-state index in [9.17, 15) is 4.79 Å². The first-order valence-electron chi connectivity index (χ1n) is 10.9. The largest absolute Gasteiger partial charge is 0.343 e. The summed E-state index contributed by atoms with van der Waals surface area (Å²) in [5, 5.41) is 4.13. The summed E-state index contributed by atoms with van der Waals surface area (Å²) in [5.41, 5.74) is 2.82. The van der Waals surface area contributed by atoms with E-state index in [-0.39, 0.29) is 5.91 Å². The molecule has 0 saturated heterocycles. The fourth-order valence-corrected chi connectivity index (χ4v) is 4.57. The van der Waals surface area contributed by atoms with Crippen molar-refractivity contribution in [1.29, 1.82) is 0 Å². The molecule has 0 bridgehead atoms. The fraction of sp³-hybridized carbons (Fsp3) is 0.478. The predicted octanol–water partition coefficient (Wildman–Crippen LogP) is 4.65. The maximum Gasteiger partial charge on any atom is 0.270 e. The first-order chi connectivity index (χ1) is 14.6. The Hall–Kier alpha value is -2.96. The zero-order chi connectivity index (χ0) is 20.7. The number of hydrogen-bond donors (Lipinski definition) is 1. The Morgan fingerprint density at radius 2 is 1.87 bits per heavy atom. The maximum atomic E-state index is 12.8. The van der Waals surface area contributed by atoms with E-state index in [1.807, 2.05) is 18.3 Å². The van der Waals surface area contributed by atoms with Crippen molar-refractivity contribution in [1.82, 2.24) is 24.4 Å². The molecular formula is C23H28N6O. The number of hydrogen-bond acceptors (Lipinski definition) is 5. The Morgan fingerprint density at radius 1 is 1.07 bits per heavy atom. The molecule has 7 nitrogen and oxygen atoms in total. The van der Waals surface area contributed by atoms with Gasteiger partial charge in [0.1, 0.15) is 17.2 Å². The SMILES string of the molecule is CN(C)C(=O)c1cc2cnc(Nc3ccc(C4CCC4)cn3)nc2n1C1CCCC1. The molecule has 2 saturated carbocycles. The van der Waals surface area contributed by atoms with Crippen LogP contribution in [-0.4, -0.2) is 44.4 Å². The minimum atomic E-state index is 0.00246. The number of aromatic nitrogens is 4. The van der Waals surface area contributed by atoms with Crippen LogP contribution in [0.25, 0.3) is 11.0 Å². The highest BCUT2D eigenvalue weighted by Gasteiger charge is 2.26. The first kappa shape index (κ1) is 19.0. The number of carbonyl (C=O) groups is 1. The van der Waals surface area contributed by atoms with Crippen LogP contribution in [0.1, 0.15) is 73.0 Å². The maximum absolute atomic E-state index is 12.8. The van der Waals surface area contributed by atoms with Crippen LogP contribution in [0.4, 0.5) is 11.8 Å². The van der Waals surface area contributed by atoms with Gasteiger partial charge >= 0.3 is 0 Å². The minimum Gasteiger partial charge on any atom is -0.343 e. The molecule has 0 radical (unpaired) electrons. The molecule has 3 aromatic heterocycles. The van der Waals surface area contributed by atoms with Crippen molar-refractivity contribution >= 4 is 28.7 Å². The summed E-state index contributed by atoms with van der Waals surface area (Å²) in [6.07, 6.45) is 12.1. The number of pyridine rings is 1. The average Bonchev–Trinajstić information content (AvgIpc) is 3.34. The Labute approximate surface area is 176 Å². The number of fused-ring (bicyclic) bond motifs is 1. The second kappa shape index (κ2) is 7.70. The molecular weight excluding hydrogens is 376 g/mol. The topological polar surface area (TPSA) is 75.9 Å². The summed E-state index contributed by atoms with van der Waals surface area (Å²) in [6, 6.07) is 6.38. The zero-order valence-corrected chi connectivity index (χ0v) is 17.6. The van der Waals surface area contributed by atoms with Gasteiger partial charge in [0.2, 0.25) is 5.95 Å². The van der Waals surface area contributed by atoms with E-state index in [2.05, 4.69) is 25.9 Å². The Bertz CT molecular complexity index is 1060. The van der Waals surface area contributed by atoms with E-state index >= 15 is 0 Å². The van der Waals surface area contributed by atoms with E-state index < -0.39 is 0 Å². The highest BCUT2D eigenvalue weighted by molar-refractivity contribution is 5.97. The van der Waals surface area contributed by atoms with Gasteiger partial charge in [-0.2, -0.15) is 4.98 Å². The third-order valence-corrected chi connectivity index (χ3v) is 6.49. The van der Waals surface area contributed by atoms with Gasteiger partial charge in [-0.1, -0.05) is 25.3 Å². The van der Waals surface area contributed by atoms with Gasteiger partial charge in [-0.15, -0.1) is 0 Å². The van der Waals surface area contributed by atoms with Crippen LogP contribution in [-0.2, 0) is 0 Å². The van der Waals surface area contributed by atoms with E-state index in [1.165, 1.54) is 37.7 Å². The summed E-state index contributed by atoms with van der Waals surface area (Å²) >= 11 is 0. The van der Waals surface area contributed by atoms with Gasteiger partial charge in [-0.3, -0.25) is 4.79 Å². The van der Waals surface area contributed by atoms with Crippen LogP contribution in [0.15, 0.2) is 30.6 Å². The average molecular weight is 405 g/mol. The minimum absolute atomic E-state index is 0.00246. The molecule has 0 atom stereocenters. The first-order valence-corrected chi connectivity index (χ1v) is 10.9. The van der Waals surface area contributed by atoms with Crippen LogP contribution in [0.5, 0.6) is 0 Å². The van der Waals surface area contributed by atoms with Crippen LogP contribution in [0, 0.1) is 0 Å². The van der Waals surface area contributed by atoms with E-state index in [0.29, 0.717) is 23.6 Å². The number of rotatable bonds is 5. The zero-order valence-electron chi connectivity index (χ0n) is 17.6. The lowest BCUT2D eigenvalue weighted by molar-refractivity contribution is 0.0815. The molecule has 3 heterocycles. The summed E-state index contributed by atoms with van der Waals surface area (Å²) in [4.78, 5) is 28.3. The Kier molecular flexibility index (Phi) is 4.89. The Balaban J connectivity index is 1.48. The Morgan fingerprint density at radius 3 is 2.50 bits per heavy atom. The number of carbonyl (C=O) groups excluding carboxylic acids is 1. The molecule has 0 aromatic carbocycles. The van der Waals surface area contributed by atoms with E-state index in [4.69, 9.17) is 4.98 Å². The second-order valence-electron chi connectivity index (χ2n) is 8.74. The van der Waals surface area contributed by atoms with Gasteiger partial charge in [0.05, 0.1) is 0 Å². The lowest BCUT2D eigenvalue weighted by atomic mass is 9.81. The van der Waals surface area contributed by atoms with Crippen molar-refractivity contribution in [2.45, 2.75) is 56.9 Å². The third-order valence-electron chi connectivity index (χ3n) is 6.49. The normalized spacial score (nSPS) is 17.3. The number of amides is 1. The summed E-state index contributed by atoms with van der Waals surface area (Å²) in [6.45, 7) is 0. The van der Waals surface area contributed by atoms with Gasteiger partial charge in [0.15, 0.2) is 0 Å². The lowest BCUT2D eigenvalue weighted by Crippen LogP contribution is -2.25. The molecule has 2 aliphatic rings. The second-order valence-corrected chi connectivity index (χ2v) is 8.74. The van der Waals surface area contributed by atoms with Crippen molar-refractivity contribution in [2.24, 2.45) is 0 Å². The van der Waals surface area contributed by atoms with Crippen molar-refractivity contribution in [3.8, 4) is 0 Å². The molecule has 156 valence electrons. The van der Waals surface area contributed by atoms with Crippen molar-refractivity contribution in [2.75, 3.05) is 19.4 Å². The van der Waals surface area contributed by atoms with Gasteiger partial charge in [0.25, 0.3) is 5.91 Å². The fourth-order valence-electron chi connectivity index (χ4n) is 4.57. The van der Waals surface area contributed by atoms with Gasteiger partial charge in [-0.05, 0) is 49.3 Å². The number of anilines is 2. The van der Waals surface area contributed by atoms with Crippen molar-refractivity contribution < 1.29 is 4.79 Å². The molecule has 0 unspecified atom stereocenters. The molecule has 0 spiro atoms. The molecule has 0 aliphatic heterocycles. The number of nitrogens with one attached hydrogen (secondary N) is 1. The van der Waals surface area contributed by atoms with Gasteiger partial charge in [-0.25, -0.2) is 9.97 Å². The molecule has 7 heteroatoms. The van der Waals surface area contributed by atoms with Crippen LogP contribution in [0.3, 0.4) is 0 Å². The molecule has 30 heavy (non-hydrogen) atoms. The van der Waals surface area contributed by atoms with Crippen LogP contribution >= 0.6 is 0 Å². The third kappa shape index (κ3) is 3.42. The summed E-state index contributed by atoms with van der Waals surface area (Å²) in [5.74, 6) is 1.91. The predicted molar refractivity (Wildman–Crippen MR) is 117 cm³/mol. The molecule has 1 amide bonds. The van der Waals surface area contributed by atoms with Crippen molar-refractivity contribution in [3.63, 3.8) is 0 Å². The van der Waals surface area contributed by atoms with Crippen molar-refractivity contribution in [3.05, 3.63) is 41.9 Å². The summed E-state index contributed by atoms with van der Waals surface area (Å²) < 4.78 is 2.13. The van der Waals surface area contributed by atoms with Crippen LogP contribution in [0.2, 0.25) is 0 Å². The molecule has 5 rings (SSSR count). The molecule has 1 N–H and O–H groups in total. The van der Waals surface area contributed by atoms with E-state index in [1.54, 1.807) is 25.2 Å². The smallest absolute Gasteiger partial charge is 0.270 e. The monoisotopic (exact) mass is 404 g/mol. The summed E-state index contributed by atoms with van der Waals surface area (Å²) in [7, 11) is 3.58. The molecule has 3 aromatic rings. The number of nitrogens with zero attached hydrogens (tertiary/aromatic N) is 5.